The van der Waals surface area contributed by atoms with Gasteiger partial charge in [0.1, 0.15) is 0 Å². The van der Waals surface area contributed by atoms with Crippen LogP contribution in [-0.2, 0) is 0 Å². The van der Waals surface area contributed by atoms with Crippen LogP contribution in [0.3, 0.4) is 0 Å². The summed E-state index contributed by atoms with van der Waals surface area (Å²) in [7, 11) is 0. The summed E-state index contributed by atoms with van der Waals surface area (Å²) in [6.45, 7) is 14.4. The molecule has 3 aliphatic carbocycles. The lowest BCUT2D eigenvalue weighted by Gasteiger charge is -2.28. The van der Waals surface area contributed by atoms with E-state index in [2.05, 4.69) is 6.92 Å². The molecule has 0 atom stereocenters. The van der Waals surface area contributed by atoms with Crippen LogP contribution in [0.25, 0.3) is 0 Å². The lowest BCUT2D eigenvalue weighted by Crippen LogP contribution is -2.14. The van der Waals surface area contributed by atoms with Gasteiger partial charge >= 0.3 is 0 Å². The molecule has 0 amide bonds. The van der Waals surface area contributed by atoms with Crippen LogP contribution in [-0.4, -0.2) is 0 Å². The molecule has 0 N–H and O–H groups in total. The van der Waals surface area contributed by atoms with Crippen molar-refractivity contribution in [2.45, 2.75) is 151 Å². The van der Waals surface area contributed by atoms with Gasteiger partial charge in [0, 0.05) is 0 Å². The molecule has 3 aliphatic rings. The van der Waals surface area contributed by atoms with Gasteiger partial charge in [-0.1, -0.05) is 145 Å². The Kier molecular flexibility index (Phi) is 25.0. The third-order valence-corrected chi connectivity index (χ3v) is 6.01. The molecule has 0 unspecified atom stereocenters. The predicted octanol–water partition coefficient (Wildman–Crippen LogP) is 10.2. The highest BCUT2D eigenvalue weighted by molar-refractivity contribution is 4.73. The zero-order valence-electron chi connectivity index (χ0n) is 20.0. The van der Waals surface area contributed by atoms with Gasteiger partial charge in [0.25, 0.3) is 0 Å². The van der Waals surface area contributed by atoms with Crippen LogP contribution in [0.1, 0.15) is 151 Å². The Balaban J connectivity index is 0. The zero-order valence-corrected chi connectivity index (χ0v) is 20.0. The van der Waals surface area contributed by atoms with E-state index >= 15 is 0 Å². The van der Waals surface area contributed by atoms with Gasteiger partial charge in [-0.15, -0.1) is 0 Å². The Bertz CT molecular complexity index is 198. The molecule has 0 bridgehead atoms. The normalized spacial score (nSPS) is 21.3. The first-order chi connectivity index (χ1) is 12.8. The van der Waals surface area contributed by atoms with Gasteiger partial charge in [-0.05, 0) is 24.2 Å². The summed E-state index contributed by atoms with van der Waals surface area (Å²) in [5.41, 5.74) is 0. The summed E-state index contributed by atoms with van der Waals surface area (Å²) in [4.78, 5) is 0. The third-order valence-electron chi connectivity index (χ3n) is 6.01. The van der Waals surface area contributed by atoms with E-state index in [1.807, 2.05) is 41.5 Å². The first kappa shape index (κ1) is 28.2. The fourth-order valence-corrected chi connectivity index (χ4v) is 4.62. The van der Waals surface area contributed by atoms with Crippen molar-refractivity contribution in [1.82, 2.24) is 0 Å². The maximum Gasteiger partial charge on any atom is -0.0412 e. The molecule has 0 spiro atoms. The number of hydrogen-bond acceptors (Lipinski definition) is 0. The molecule has 0 nitrogen and oxygen atoms in total. The third kappa shape index (κ3) is 16.2. The van der Waals surface area contributed by atoms with Crippen molar-refractivity contribution in [3.8, 4) is 0 Å². The van der Waals surface area contributed by atoms with Crippen LogP contribution in [0.15, 0.2) is 0 Å². The fourth-order valence-electron chi connectivity index (χ4n) is 4.62. The number of rotatable bonds is 2. The minimum atomic E-state index is 1.04. The van der Waals surface area contributed by atoms with Crippen molar-refractivity contribution in [2.75, 3.05) is 0 Å². The second-order valence-electron chi connectivity index (χ2n) is 7.99. The second-order valence-corrected chi connectivity index (χ2v) is 7.99. The Morgan fingerprint density at radius 2 is 0.692 bits per heavy atom. The lowest BCUT2D eigenvalue weighted by molar-refractivity contribution is 0.244. The topological polar surface area (TPSA) is 0 Å². The van der Waals surface area contributed by atoms with Crippen molar-refractivity contribution in [1.29, 1.82) is 0 Å². The first-order valence-electron chi connectivity index (χ1n) is 12.8. The average molecular weight is 369 g/mol. The van der Waals surface area contributed by atoms with Crippen molar-refractivity contribution < 1.29 is 0 Å². The van der Waals surface area contributed by atoms with Crippen LogP contribution < -0.4 is 0 Å². The summed E-state index contributed by atoms with van der Waals surface area (Å²) < 4.78 is 0. The van der Waals surface area contributed by atoms with Gasteiger partial charge in [0.05, 0.1) is 0 Å². The van der Waals surface area contributed by atoms with E-state index in [9.17, 15) is 0 Å². The smallest absolute Gasteiger partial charge is 0.0412 e. The second kappa shape index (κ2) is 23.0. The first-order valence-corrected chi connectivity index (χ1v) is 12.8. The van der Waals surface area contributed by atoms with Crippen LogP contribution in [0.5, 0.6) is 0 Å². The largest absolute Gasteiger partial charge is 0.0683 e. The molecule has 0 aromatic carbocycles. The molecule has 0 heterocycles. The molecule has 0 radical (unpaired) electrons. The fraction of sp³-hybridized carbons (Fsp3) is 1.00. The molecule has 3 fully saturated rings. The molecule has 0 saturated heterocycles. The highest BCUT2D eigenvalue weighted by Crippen LogP contribution is 2.34. The molecule has 0 aliphatic heterocycles. The van der Waals surface area contributed by atoms with Crippen molar-refractivity contribution >= 4 is 0 Å². The maximum atomic E-state index is 2.36. The molecule has 0 aromatic rings. The average Bonchev–Trinajstić information content (AvgIpc) is 2.75. The van der Waals surface area contributed by atoms with Gasteiger partial charge in [-0.3, -0.25) is 0 Å². The van der Waals surface area contributed by atoms with Gasteiger partial charge < -0.3 is 0 Å². The van der Waals surface area contributed by atoms with Crippen LogP contribution in [0.2, 0.25) is 0 Å². The van der Waals surface area contributed by atoms with Crippen molar-refractivity contribution in [3.05, 3.63) is 0 Å². The highest BCUT2D eigenvalue weighted by Gasteiger charge is 2.20. The molecule has 26 heavy (non-hydrogen) atoms. The van der Waals surface area contributed by atoms with Gasteiger partial charge in [-0.2, -0.15) is 0 Å². The van der Waals surface area contributed by atoms with Crippen LogP contribution in [0.4, 0.5) is 0 Å². The van der Waals surface area contributed by atoms with E-state index in [0.717, 1.165) is 17.8 Å². The molecule has 0 aromatic heterocycles. The summed E-state index contributed by atoms with van der Waals surface area (Å²) in [6, 6.07) is 0. The van der Waals surface area contributed by atoms with Crippen molar-refractivity contribution in [3.63, 3.8) is 0 Å². The van der Waals surface area contributed by atoms with E-state index < -0.39 is 0 Å². The van der Waals surface area contributed by atoms with Crippen LogP contribution >= 0.6 is 0 Å². The monoisotopic (exact) mass is 368 g/mol. The van der Waals surface area contributed by atoms with Gasteiger partial charge in [0.2, 0.25) is 0 Å². The van der Waals surface area contributed by atoms with Crippen molar-refractivity contribution in [2.24, 2.45) is 17.8 Å². The van der Waals surface area contributed by atoms with Gasteiger partial charge in [-0.25, -0.2) is 0 Å². The minimum absolute atomic E-state index is 1.04. The highest BCUT2D eigenvalue weighted by atomic mass is 14.3. The van der Waals surface area contributed by atoms with E-state index in [1.165, 1.54) is 70.6 Å². The minimum Gasteiger partial charge on any atom is -0.0683 e. The Morgan fingerprint density at radius 1 is 0.423 bits per heavy atom. The standard InChI is InChI=1S/C13H24.C7H14.3C2H6/c1-3-7-12(8-4-1)11-13-9-5-2-6-10-13;1-7-5-3-2-4-6-7;3*1-2/h12-13H,1-11H2;7H,2-6H2,1H3;3*1-2H3. The molecule has 160 valence electrons. The quantitative estimate of drug-likeness (QED) is 0.454. The van der Waals surface area contributed by atoms with Gasteiger partial charge in [0.15, 0.2) is 0 Å². The van der Waals surface area contributed by atoms with E-state index in [1.54, 1.807) is 32.1 Å². The number of hydrogen-bond donors (Lipinski definition) is 0. The Morgan fingerprint density at radius 3 is 0.923 bits per heavy atom. The Labute approximate surface area is 169 Å². The lowest BCUT2D eigenvalue weighted by atomic mass is 9.78. The van der Waals surface area contributed by atoms with E-state index in [4.69, 9.17) is 0 Å². The SMILES string of the molecule is C1CCC(CC2CCCCC2)CC1.CC.CC.CC.CC1CCCCC1. The summed E-state index contributed by atoms with van der Waals surface area (Å²) in [6.07, 6.45) is 24.4. The molecule has 0 heteroatoms. The molecule has 3 saturated carbocycles. The predicted molar refractivity (Wildman–Crippen MR) is 124 cm³/mol. The summed E-state index contributed by atoms with van der Waals surface area (Å²) in [5, 5.41) is 0. The molecule has 3 rings (SSSR count). The zero-order chi connectivity index (χ0) is 20.0. The van der Waals surface area contributed by atoms with E-state index in [0.29, 0.717) is 0 Å². The summed E-state index contributed by atoms with van der Waals surface area (Å²) >= 11 is 0. The van der Waals surface area contributed by atoms with Crippen LogP contribution in [0, 0.1) is 17.8 Å². The maximum absolute atomic E-state index is 2.36. The van der Waals surface area contributed by atoms with E-state index in [-0.39, 0.29) is 0 Å². The molecular formula is C26H56. The summed E-state index contributed by atoms with van der Waals surface area (Å²) in [5.74, 6) is 3.28. The molecular weight excluding hydrogens is 312 g/mol. The Hall–Kier alpha value is 0.